The van der Waals surface area contributed by atoms with Crippen LogP contribution in [0.3, 0.4) is 0 Å². The van der Waals surface area contributed by atoms with E-state index in [2.05, 4.69) is 15.3 Å². The molecule has 7 heteroatoms. The van der Waals surface area contributed by atoms with Crippen molar-refractivity contribution in [2.45, 2.75) is 26.3 Å². The summed E-state index contributed by atoms with van der Waals surface area (Å²) in [7, 11) is 0. The number of nitrogens with zero attached hydrogens (tertiary/aromatic N) is 2. The van der Waals surface area contributed by atoms with Crippen molar-refractivity contribution < 1.29 is 14.7 Å². The van der Waals surface area contributed by atoms with Gasteiger partial charge in [-0.3, -0.25) is 9.59 Å². The number of benzene rings is 1. The lowest BCUT2D eigenvalue weighted by Crippen LogP contribution is -2.31. The third kappa shape index (κ3) is 4.50. The Labute approximate surface area is 138 Å². The van der Waals surface area contributed by atoms with E-state index in [1.807, 2.05) is 0 Å². The predicted octanol–water partition coefficient (Wildman–Crippen LogP) is 2.69. The van der Waals surface area contributed by atoms with E-state index in [9.17, 15) is 9.59 Å². The lowest BCUT2D eigenvalue weighted by atomic mass is 10.0. The smallest absolute Gasteiger partial charge is 0.305 e. The number of carboxylic acids is 1. The van der Waals surface area contributed by atoms with Gasteiger partial charge in [-0.15, -0.1) is 0 Å². The molecule has 2 aromatic rings. The van der Waals surface area contributed by atoms with Crippen LogP contribution in [0.2, 0.25) is 5.02 Å². The van der Waals surface area contributed by atoms with Gasteiger partial charge in [-0.05, 0) is 31.5 Å². The Hall–Kier alpha value is -2.47. The summed E-state index contributed by atoms with van der Waals surface area (Å²) in [6, 6.07) is 6.01. The van der Waals surface area contributed by atoms with Gasteiger partial charge in [-0.1, -0.05) is 23.7 Å². The van der Waals surface area contributed by atoms with Gasteiger partial charge in [-0.2, -0.15) is 0 Å². The molecule has 1 heterocycles. The molecule has 1 amide bonds. The maximum atomic E-state index is 12.4. The molecule has 120 valence electrons. The molecular weight excluding hydrogens is 318 g/mol. The quantitative estimate of drug-likeness (QED) is 0.877. The molecule has 2 rings (SSSR count). The topological polar surface area (TPSA) is 92.2 Å². The molecule has 0 radical (unpaired) electrons. The molecule has 1 atom stereocenters. The number of carbonyl (C=O) groups is 2. The molecule has 0 aliphatic rings. The Bertz CT molecular complexity index is 732. The first-order valence-electron chi connectivity index (χ1n) is 6.95. The average molecular weight is 334 g/mol. The number of aliphatic carboxylic acids is 1. The highest BCUT2D eigenvalue weighted by atomic mass is 35.5. The van der Waals surface area contributed by atoms with Crippen LogP contribution in [-0.2, 0) is 4.79 Å². The van der Waals surface area contributed by atoms with E-state index in [0.717, 1.165) is 0 Å². The number of hydrogen-bond donors (Lipinski definition) is 2. The van der Waals surface area contributed by atoms with Gasteiger partial charge in [-0.25, -0.2) is 9.97 Å². The Balaban J connectivity index is 2.24. The van der Waals surface area contributed by atoms with Crippen LogP contribution >= 0.6 is 11.6 Å². The Morgan fingerprint density at radius 3 is 2.48 bits per heavy atom. The zero-order valence-electron chi connectivity index (χ0n) is 12.7. The molecule has 0 bridgehead atoms. The molecule has 2 N–H and O–H groups in total. The second-order valence-electron chi connectivity index (χ2n) is 5.09. The van der Waals surface area contributed by atoms with Crippen LogP contribution in [0.15, 0.2) is 30.5 Å². The summed E-state index contributed by atoms with van der Waals surface area (Å²) in [6.07, 6.45) is 1.20. The normalized spacial score (nSPS) is 11.8. The number of carbonyl (C=O) groups excluding carboxylic acids is 1. The second-order valence-corrected chi connectivity index (χ2v) is 5.53. The summed E-state index contributed by atoms with van der Waals surface area (Å²) in [5.41, 5.74) is 1.52. The summed E-state index contributed by atoms with van der Waals surface area (Å²) < 4.78 is 0. The molecule has 0 aliphatic carbocycles. The van der Waals surface area contributed by atoms with Crippen LogP contribution in [0.5, 0.6) is 0 Å². The van der Waals surface area contributed by atoms with Crippen molar-refractivity contribution in [1.29, 1.82) is 0 Å². The minimum atomic E-state index is -1.01. The van der Waals surface area contributed by atoms with Crippen molar-refractivity contribution in [2.24, 2.45) is 0 Å². The van der Waals surface area contributed by atoms with E-state index >= 15 is 0 Å². The first-order valence-corrected chi connectivity index (χ1v) is 7.33. The zero-order chi connectivity index (χ0) is 17.0. The van der Waals surface area contributed by atoms with Gasteiger partial charge in [0.1, 0.15) is 5.82 Å². The zero-order valence-corrected chi connectivity index (χ0v) is 13.5. The molecule has 23 heavy (non-hydrogen) atoms. The number of carboxylic acid groups (broad SMARTS) is 1. The second kappa shape index (κ2) is 7.19. The maximum absolute atomic E-state index is 12.4. The molecule has 0 fully saturated rings. The average Bonchev–Trinajstić information content (AvgIpc) is 2.46. The summed E-state index contributed by atoms with van der Waals surface area (Å²) in [5, 5.41) is 12.3. The van der Waals surface area contributed by atoms with Crippen molar-refractivity contribution in [3.63, 3.8) is 0 Å². The first-order chi connectivity index (χ1) is 10.9. The molecule has 0 aliphatic heterocycles. The number of rotatable bonds is 5. The van der Waals surface area contributed by atoms with Gasteiger partial charge in [0.2, 0.25) is 0 Å². The molecular formula is C16H16ClN3O3. The maximum Gasteiger partial charge on any atom is 0.305 e. The summed E-state index contributed by atoms with van der Waals surface area (Å²) in [5.74, 6) is -0.857. The number of aryl methyl sites for hydroxylation is 2. The van der Waals surface area contributed by atoms with Crippen molar-refractivity contribution in [2.75, 3.05) is 0 Å². The van der Waals surface area contributed by atoms with Crippen LogP contribution in [-0.4, -0.2) is 27.0 Å². The highest BCUT2D eigenvalue weighted by Crippen LogP contribution is 2.20. The third-order valence-corrected chi connectivity index (χ3v) is 3.55. The first kappa shape index (κ1) is 16.9. The van der Waals surface area contributed by atoms with Crippen LogP contribution < -0.4 is 5.32 Å². The van der Waals surface area contributed by atoms with Gasteiger partial charge in [0.05, 0.1) is 23.7 Å². The van der Waals surface area contributed by atoms with Gasteiger partial charge in [0, 0.05) is 11.2 Å². The molecule has 0 saturated heterocycles. The molecule has 0 spiro atoms. The van der Waals surface area contributed by atoms with Crippen molar-refractivity contribution in [3.05, 3.63) is 58.1 Å². The fraction of sp³-hybridized carbons (Fsp3) is 0.250. The predicted molar refractivity (Wildman–Crippen MR) is 85.4 cm³/mol. The highest BCUT2D eigenvalue weighted by Gasteiger charge is 2.20. The Morgan fingerprint density at radius 1 is 1.26 bits per heavy atom. The summed E-state index contributed by atoms with van der Waals surface area (Å²) in [4.78, 5) is 31.6. The number of aromatic nitrogens is 2. The van der Waals surface area contributed by atoms with Crippen LogP contribution in [0, 0.1) is 13.8 Å². The number of amides is 1. The third-order valence-electron chi connectivity index (χ3n) is 3.30. The van der Waals surface area contributed by atoms with E-state index in [4.69, 9.17) is 16.7 Å². The molecule has 0 unspecified atom stereocenters. The van der Waals surface area contributed by atoms with Gasteiger partial charge < -0.3 is 10.4 Å². The van der Waals surface area contributed by atoms with Crippen LogP contribution in [0.1, 0.15) is 39.9 Å². The van der Waals surface area contributed by atoms with Gasteiger partial charge in [0.15, 0.2) is 0 Å². The highest BCUT2D eigenvalue weighted by molar-refractivity contribution is 6.30. The summed E-state index contributed by atoms with van der Waals surface area (Å²) >= 11 is 5.84. The van der Waals surface area contributed by atoms with Crippen LogP contribution in [0.25, 0.3) is 0 Å². The largest absolute Gasteiger partial charge is 0.481 e. The molecule has 1 aromatic heterocycles. The van der Waals surface area contributed by atoms with Crippen molar-refractivity contribution >= 4 is 23.5 Å². The fourth-order valence-electron chi connectivity index (χ4n) is 2.16. The van der Waals surface area contributed by atoms with Crippen molar-refractivity contribution in [3.8, 4) is 0 Å². The van der Waals surface area contributed by atoms with Gasteiger partial charge >= 0.3 is 5.97 Å². The van der Waals surface area contributed by atoms with Gasteiger partial charge in [0.25, 0.3) is 5.91 Å². The van der Waals surface area contributed by atoms with Crippen LogP contribution in [0.4, 0.5) is 0 Å². The van der Waals surface area contributed by atoms with E-state index in [0.29, 0.717) is 27.7 Å². The monoisotopic (exact) mass is 333 g/mol. The van der Waals surface area contributed by atoms with E-state index < -0.39 is 17.9 Å². The molecule has 0 saturated carbocycles. The molecule has 6 nitrogen and oxygen atoms in total. The number of halogens is 1. The fourth-order valence-corrected chi connectivity index (χ4v) is 2.29. The van der Waals surface area contributed by atoms with Crippen molar-refractivity contribution in [1.82, 2.24) is 15.3 Å². The summed E-state index contributed by atoms with van der Waals surface area (Å²) in [6.45, 7) is 3.44. The molecule has 1 aromatic carbocycles. The standard InChI is InChI=1S/C16H16ClN3O3/c1-9-13(8-18-10(2)19-9)16(23)20-14(7-15(21)22)11-3-5-12(17)6-4-11/h3-6,8,14H,7H2,1-2H3,(H,20,23)(H,21,22)/t14-/m0/s1. The number of hydrogen-bond acceptors (Lipinski definition) is 4. The minimum Gasteiger partial charge on any atom is -0.481 e. The minimum absolute atomic E-state index is 0.237. The van der Waals surface area contributed by atoms with E-state index in [-0.39, 0.29) is 6.42 Å². The SMILES string of the molecule is Cc1ncc(C(=O)N[C@@H](CC(=O)O)c2ccc(Cl)cc2)c(C)n1. The lowest BCUT2D eigenvalue weighted by molar-refractivity contribution is -0.137. The van der Waals surface area contributed by atoms with E-state index in [1.165, 1.54) is 6.20 Å². The number of nitrogens with one attached hydrogen (secondary N) is 1. The Morgan fingerprint density at radius 2 is 1.91 bits per heavy atom. The lowest BCUT2D eigenvalue weighted by Gasteiger charge is -2.18. The van der Waals surface area contributed by atoms with E-state index in [1.54, 1.807) is 38.1 Å². The Kier molecular flexibility index (Phi) is 5.28.